The Kier molecular flexibility index (Phi) is 3.44. The second kappa shape index (κ2) is 5.25. The van der Waals surface area contributed by atoms with E-state index in [0.717, 1.165) is 19.3 Å². The Morgan fingerprint density at radius 3 is 2.95 bits per heavy atom. The van der Waals surface area contributed by atoms with Gasteiger partial charge >= 0.3 is 0 Å². The van der Waals surface area contributed by atoms with Gasteiger partial charge < -0.3 is 10.1 Å². The molecule has 0 bridgehead atoms. The quantitative estimate of drug-likeness (QED) is 0.794. The molecule has 1 saturated heterocycles. The van der Waals surface area contributed by atoms with Gasteiger partial charge in [0.25, 0.3) is 5.91 Å². The number of amides is 1. The molecule has 1 aromatic carbocycles. The summed E-state index contributed by atoms with van der Waals surface area (Å²) in [5.41, 5.74) is 2.07. The van der Waals surface area contributed by atoms with Crippen LogP contribution in [0.1, 0.15) is 17.5 Å². The molecular formula is C15H19N3O2. The van der Waals surface area contributed by atoms with Crippen LogP contribution >= 0.6 is 0 Å². The van der Waals surface area contributed by atoms with Crippen molar-refractivity contribution in [2.24, 2.45) is 4.99 Å². The molecule has 1 spiro atoms. The average molecular weight is 273 g/mol. The maximum Gasteiger partial charge on any atom is 0.252 e. The Morgan fingerprint density at radius 1 is 1.35 bits per heavy atom. The number of hydrogen-bond acceptors (Lipinski definition) is 3. The zero-order valence-electron chi connectivity index (χ0n) is 11.6. The Morgan fingerprint density at radius 2 is 2.15 bits per heavy atom. The van der Waals surface area contributed by atoms with Gasteiger partial charge in [-0.05, 0) is 24.0 Å². The number of guanidine groups is 1. The standard InChI is InChI=1S/C15H19N3O2/c1-20-9-8-16-14-17-13(19)15(18-14)7-6-11-4-2-3-5-12(11)10-15/h2-5H,6-10H2,1H3,(H2,16,17,18,19). The van der Waals surface area contributed by atoms with Crippen LogP contribution in [0.3, 0.4) is 0 Å². The third-order valence-electron chi connectivity index (χ3n) is 4.02. The van der Waals surface area contributed by atoms with Gasteiger partial charge in [0.2, 0.25) is 0 Å². The fraction of sp³-hybridized carbons (Fsp3) is 0.467. The van der Waals surface area contributed by atoms with Crippen molar-refractivity contribution >= 4 is 11.9 Å². The maximum atomic E-state index is 12.3. The molecule has 1 fully saturated rings. The minimum Gasteiger partial charge on any atom is -0.383 e. The van der Waals surface area contributed by atoms with E-state index < -0.39 is 5.54 Å². The van der Waals surface area contributed by atoms with E-state index in [1.165, 1.54) is 11.1 Å². The molecule has 0 saturated carbocycles. The largest absolute Gasteiger partial charge is 0.383 e. The van der Waals surface area contributed by atoms with Gasteiger partial charge in [-0.3, -0.25) is 15.1 Å². The number of methoxy groups -OCH3 is 1. The highest BCUT2D eigenvalue weighted by Gasteiger charge is 2.46. The van der Waals surface area contributed by atoms with E-state index in [-0.39, 0.29) is 5.91 Å². The van der Waals surface area contributed by atoms with E-state index in [9.17, 15) is 4.79 Å². The minimum atomic E-state index is -0.528. The highest BCUT2D eigenvalue weighted by molar-refractivity contribution is 6.09. The Bertz CT molecular complexity index is 556. The number of rotatable bonds is 3. The van der Waals surface area contributed by atoms with Crippen molar-refractivity contribution in [3.05, 3.63) is 35.4 Å². The van der Waals surface area contributed by atoms with Gasteiger partial charge in [-0.15, -0.1) is 0 Å². The van der Waals surface area contributed by atoms with Crippen LogP contribution in [-0.2, 0) is 22.4 Å². The Labute approximate surface area is 118 Å². The van der Waals surface area contributed by atoms with Gasteiger partial charge in [-0.2, -0.15) is 0 Å². The van der Waals surface area contributed by atoms with Gasteiger partial charge in [-0.25, -0.2) is 0 Å². The first-order valence-electron chi connectivity index (χ1n) is 6.93. The third-order valence-corrected chi connectivity index (χ3v) is 4.02. The number of nitrogens with one attached hydrogen (secondary N) is 2. The van der Waals surface area contributed by atoms with E-state index in [1.54, 1.807) is 7.11 Å². The second-order valence-electron chi connectivity index (χ2n) is 5.33. The Balaban J connectivity index is 1.78. The smallest absolute Gasteiger partial charge is 0.252 e. The number of fused-ring (bicyclic) bond motifs is 1. The molecule has 1 atom stereocenters. The zero-order chi connectivity index (χ0) is 14.0. The van der Waals surface area contributed by atoms with Crippen molar-refractivity contribution in [3.63, 3.8) is 0 Å². The molecule has 0 aromatic heterocycles. The molecule has 1 amide bonds. The summed E-state index contributed by atoms with van der Waals surface area (Å²) in [5.74, 6) is 0.606. The number of nitrogens with zero attached hydrogens (tertiary/aromatic N) is 1. The normalized spacial score (nSPS) is 26.4. The van der Waals surface area contributed by atoms with Crippen molar-refractivity contribution in [2.75, 3.05) is 20.3 Å². The lowest BCUT2D eigenvalue weighted by Crippen LogP contribution is -2.51. The summed E-state index contributed by atoms with van der Waals surface area (Å²) in [4.78, 5) is 16.6. The van der Waals surface area contributed by atoms with E-state index in [2.05, 4.69) is 33.8 Å². The van der Waals surface area contributed by atoms with Crippen LogP contribution < -0.4 is 10.6 Å². The summed E-state index contributed by atoms with van der Waals surface area (Å²) in [6, 6.07) is 8.32. The van der Waals surface area contributed by atoms with E-state index in [1.807, 2.05) is 6.07 Å². The number of ether oxygens (including phenoxy) is 1. The number of carbonyl (C=O) groups is 1. The molecular weight excluding hydrogens is 254 g/mol. The van der Waals surface area contributed by atoms with Crippen LogP contribution in [0.5, 0.6) is 0 Å². The highest BCUT2D eigenvalue weighted by atomic mass is 16.5. The van der Waals surface area contributed by atoms with Crippen LogP contribution in [0.15, 0.2) is 29.3 Å². The molecule has 1 heterocycles. The van der Waals surface area contributed by atoms with E-state index in [4.69, 9.17) is 4.74 Å². The number of aliphatic imine (C=N–C) groups is 1. The highest BCUT2D eigenvalue weighted by Crippen LogP contribution is 2.30. The van der Waals surface area contributed by atoms with E-state index >= 15 is 0 Å². The fourth-order valence-electron chi connectivity index (χ4n) is 2.91. The van der Waals surface area contributed by atoms with Crippen molar-refractivity contribution < 1.29 is 9.53 Å². The summed E-state index contributed by atoms with van der Waals surface area (Å²) in [7, 11) is 1.64. The minimum absolute atomic E-state index is 0.0307. The van der Waals surface area contributed by atoms with Crippen molar-refractivity contribution in [2.45, 2.75) is 24.8 Å². The predicted octanol–water partition coefficient (Wildman–Crippen LogP) is 0.636. The summed E-state index contributed by atoms with van der Waals surface area (Å²) in [6.45, 7) is 1.10. The van der Waals surface area contributed by atoms with Crippen molar-refractivity contribution in [1.82, 2.24) is 10.6 Å². The average Bonchev–Trinajstić information content (AvgIpc) is 2.75. The summed E-state index contributed by atoms with van der Waals surface area (Å²) in [6.07, 6.45) is 2.44. The molecule has 2 N–H and O–H groups in total. The van der Waals surface area contributed by atoms with Crippen LogP contribution in [0.4, 0.5) is 0 Å². The zero-order valence-corrected chi connectivity index (χ0v) is 11.6. The molecule has 5 nitrogen and oxygen atoms in total. The summed E-state index contributed by atoms with van der Waals surface area (Å²) >= 11 is 0. The van der Waals surface area contributed by atoms with Crippen LogP contribution in [-0.4, -0.2) is 37.7 Å². The molecule has 2 aliphatic rings. The summed E-state index contributed by atoms with van der Waals surface area (Å²) < 4.78 is 4.96. The molecule has 1 unspecified atom stereocenters. The number of carbonyl (C=O) groups excluding carboxylic acids is 1. The molecule has 0 radical (unpaired) electrons. The Hall–Kier alpha value is -1.88. The molecule has 3 rings (SSSR count). The van der Waals surface area contributed by atoms with Gasteiger partial charge in [-0.1, -0.05) is 24.3 Å². The van der Waals surface area contributed by atoms with Crippen molar-refractivity contribution in [1.29, 1.82) is 0 Å². The van der Waals surface area contributed by atoms with Gasteiger partial charge in [0.15, 0.2) is 5.96 Å². The number of aryl methyl sites for hydroxylation is 1. The fourth-order valence-corrected chi connectivity index (χ4v) is 2.91. The lowest BCUT2D eigenvalue weighted by molar-refractivity contribution is -0.124. The lowest BCUT2D eigenvalue weighted by atomic mass is 9.78. The first kappa shape index (κ1) is 13.1. The molecule has 1 aromatic rings. The molecule has 5 heteroatoms. The first-order chi connectivity index (χ1) is 9.73. The molecule has 1 aliphatic heterocycles. The van der Waals surface area contributed by atoms with E-state index in [0.29, 0.717) is 19.1 Å². The SMILES string of the molecule is COCCN=C1NC(=O)C2(CCc3ccccc3C2)N1. The third kappa shape index (κ3) is 2.29. The topological polar surface area (TPSA) is 62.7 Å². The molecule has 20 heavy (non-hydrogen) atoms. The number of hydrogen-bond donors (Lipinski definition) is 2. The van der Waals surface area contributed by atoms with Crippen LogP contribution in [0.25, 0.3) is 0 Å². The van der Waals surface area contributed by atoms with Crippen LogP contribution in [0, 0.1) is 0 Å². The molecule has 106 valence electrons. The van der Waals surface area contributed by atoms with Crippen LogP contribution in [0.2, 0.25) is 0 Å². The van der Waals surface area contributed by atoms with Crippen molar-refractivity contribution in [3.8, 4) is 0 Å². The lowest BCUT2D eigenvalue weighted by Gasteiger charge is -2.32. The summed E-state index contributed by atoms with van der Waals surface area (Å²) in [5, 5.41) is 6.14. The second-order valence-corrected chi connectivity index (χ2v) is 5.33. The number of benzene rings is 1. The van der Waals surface area contributed by atoms with Gasteiger partial charge in [0.05, 0.1) is 13.2 Å². The predicted molar refractivity (Wildman–Crippen MR) is 76.7 cm³/mol. The molecule has 1 aliphatic carbocycles. The first-order valence-corrected chi connectivity index (χ1v) is 6.93. The van der Waals surface area contributed by atoms with Gasteiger partial charge in [0.1, 0.15) is 5.54 Å². The maximum absolute atomic E-state index is 12.3. The monoisotopic (exact) mass is 273 g/mol. The van der Waals surface area contributed by atoms with Gasteiger partial charge in [0, 0.05) is 13.5 Å².